The summed E-state index contributed by atoms with van der Waals surface area (Å²) in [6, 6.07) is 17.6. The first kappa shape index (κ1) is 15.9. The average molecular weight is 317 g/mol. The highest BCUT2D eigenvalue weighted by atomic mass is 16.5. The predicted octanol–water partition coefficient (Wildman–Crippen LogP) is 4.84. The highest BCUT2D eigenvalue weighted by Gasteiger charge is 2.11. The molecule has 24 heavy (non-hydrogen) atoms. The fourth-order valence-electron chi connectivity index (χ4n) is 2.54. The Labute approximate surface area is 142 Å². The van der Waals surface area contributed by atoms with Crippen molar-refractivity contribution in [1.82, 2.24) is 4.98 Å². The van der Waals surface area contributed by atoms with Crippen molar-refractivity contribution < 1.29 is 9.53 Å². The lowest BCUT2D eigenvalue weighted by atomic mass is 10.0. The number of aromatic nitrogens is 1. The average Bonchev–Trinajstić information content (AvgIpc) is 2.60. The summed E-state index contributed by atoms with van der Waals surface area (Å²) >= 11 is 0. The van der Waals surface area contributed by atoms with Gasteiger partial charge in [-0.15, -0.1) is 0 Å². The molecule has 0 aliphatic rings. The normalized spacial score (nSPS) is 10.4. The fourth-order valence-corrected chi connectivity index (χ4v) is 2.54. The molecule has 120 valence electrons. The summed E-state index contributed by atoms with van der Waals surface area (Å²) in [6.45, 7) is 4.04. The molecule has 0 saturated heterocycles. The molecule has 0 fully saturated rings. The zero-order valence-electron chi connectivity index (χ0n) is 13.8. The van der Waals surface area contributed by atoms with Crippen LogP contribution in [0.3, 0.4) is 0 Å². The minimum Gasteiger partial charge on any atom is -0.488 e. The van der Waals surface area contributed by atoms with Gasteiger partial charge in [-0.1, -0.05) is 30.3 Å². The Hall–Kier alpha value is -2.94. The molecule has 0 bridgehead atoms. The molecule has 0 spiro atoms. The van der Waals surface area contributed by atoms with Gasteiger partial charge >= 0.3 is 0 Å². The molecule has 3 heteroatoms. The van der Waals surface area contributed by atoms with E-state index in [1.165, 1.54) is 0 Å². The minimum absolute atomic E-state index is 0.0338. The van der Waals surface area contributed by atoms with E-state index in [4.69, 9.17) is 4.74 Å². The van der Waals surface area contributed by atoms with Gasteiger partial charge in [-0.05, 0) is 49.2 Å². The number of Topliss-reactive ketones (excluding diaryl/α,β-unsaturated/α-hetero) is 1. The summed E-state index contributed by atoms with van der Waals surface area (Å²) in [7, 11) is 0. The first-order valence-corrected chi connectivity index (χ1v) is 7.87. The number of carbonyl (C=O) groups is 1. The minimum atomic E-state index is 0.0338. The Morgan fingerprint density at radius 1 is 1.04 bits per heavy atom. The monoisotopic (exact) mass is 317 g/mol. The van der Waals surface area contributed by atoms with Crippen molar-refractivity contribution in [3.63, 3.8) is 0 Å². The smallest absolute Gasteiger partial charge is 0.159 e. The Morgan fingerprint density at radius 2 is 1.83 bits per heavy atom. The van der Waals surface area contributed by atoms with Crippen LogP contribution in [-0.2, 0) is 6.61 Å². The lowest BCUT2D eigenvalue weighted by molar-refractivity contribution is 0.101. The third-order valence-electron chi connectivity index (χ3n) is 3.81. The SMILES string of the molecule is CC(=O)c1ccc(OCc2ccccc2)c(-c2cncc(C)c2)c1. The molecule has 0 atom stereocenters. The first-order valence-electron chi connectivity index (χ1n) is 7.87. The van der Waals surface area contributed by atoms with Crippen molar-refractivity contribution in [3.05, 3.63) is 83.7 Å². The summed E-state index contributed by atoms with van der Waals surface area (Å²) in [4.78, 5) is 16.0. The summed E-state index contributed by atoms with van der Waals surface area (Å²) in [6.07, 6.45) is 3.60. The molecule has 0 unspecified atom stereocenters. The van der Waals surface area contributed by atoms with E-state index in [9.17, 15) is 4.79 Å². The van der Waals surface area contributed by atoms with E-state index in [0.29, 0.717) is 12.2 Å². The van der Waals surface area contributed by atoms with Crippen LogP contribution in [0.2, 0.25) is 0 Å². The zero-order chi connectivity index (χ0) is 16.9. The van der Waals surface area contributed by atoms with Crippen LogP contribution in [0.25, 0.3) is 11.1 Å². The Morgan fingerprint density at radius 3 is 2.54 bits per heavy atom. The lowest BCUT2D eigenvalue weighted by Crippen LogP contribution is -1.99. The van der Waals surface area contributed by atoms with Gasteiger partial charge in [-0.3, -0.25) is 9.78 Å². The molecule has 0 amide bonds. The van der Waals surface area contributed by atoms with Crippen molar-refractivity contribution in [2.75, 3.05) is 0 Å². The van der Waals surface area contributed by atoms with Crippen LogP contribution in [0.4, 0.5) is 0 Å². The Kier molecular flexibility index (Phi) is 4.71. The molecule has 1 heterocycles. The Bertz CT molecular complexity index is 857. The standard InChI is InChI=1S/C21H19NO2/c1-15-10-19(13-22-12-15)20-11-18(16(2)23)8-9-21(20)24-14-17-6-4-3-5-7-17/h3-13H,14H2,1-2H3. The zero-order valence-corrected chi connectivity index (χ0v) is 13.8. The van der Waals surface area contributed by atoms with Gasteiger partial charge < -0.3 is 4.74 Å². The quantitative estimate of drug-likeness (QED) is 0.632. The van der Waals surface area contributed by atoms with E-state index in [1.54, 1.807) is 19.2 Å². The van der Waals surface area contributed by atoms with Crippen LogP contribution < -0.4 is 4.74 Å². The van der Waals surface area contributed by atoms with Gasteiger partial charge in [0.2, 0.25) is 0 Å². The molecule has 0 saturated carbocycles. The predicted molar refractivity (Wildman–Crippen MR) is 95.2 cm³/mol. The summed E-state index contributed by atoms with van der Waals surface area (Å²) < 4.78 is 6.01. The second-order valence-corrected chi connectivity index (χ2v) is 5.79. The van der Waals surface area contributed by atoms with Crippen molar-refractivity contribution in [3.8, 4) is 16.9 Å². The number of ketones is 1. The topological polar surface area (TPSA) is 39.2 Å². The van der Waals surface area contributed by atoms with Gasteiger partial charge in [0.15, 0.2) is 5.78 Å². The molecule has 3 nitrogen and oxygen atoms in total. The van der Waals surface area contributed by atoms with E-state index in [1.807, 2.05) is 61.7 Å². The highest BCUT2D eigenvalue weighted by Crippen LogP contribution is 2.32. The maximum absolute atomic E-state index is 11.7. The number of carbonyl (C=O) groups excluding carboxylic acids is 1. The molecule has 0 aliphatic heterocycles. The van der Waals surface area contributed by atoms with E-state index in [2.05, 4.69) is 4.98 Å². The third-order valence-corrected chi connectivity index (χ3v) is 3.81. The molecule has 0 N–H and O–H groups in total. The van der Waals surface area contributed by atoms with E-state index < -0.39 is 0 Å². The molecule has 0 radical (unpaired) electrons. The van der Waals surface area contributed by atoms with Gasteiger partial charge in [0.1, 0.15) is 12.4 Å². The Balaban J connectivity index is 1.97. The van der Waals surface area contributed by atoms with Gasteiger partial charge in [-0.25, -0.2) is 0 Å². The second kappa shape index (κ2) is 7.09. The first-order chi connectivity index (χ1) is 11.6. The van der Waals surface area contributed by atoms with Gasteiger partial charge in [0, 0.05) is 29.1 Å². The molecule has 2 aromatic carbocycles. The van der Waals surface area contributed by atoms with Crippen LogP contribution in [0.15, 0.2) is 67.0 Å². The third kappa shape index (κ3) is 3.69. The maximum Gasteiger partial charge on any atom is 0.159 e. The van der Waals surface area contributed by atoms with Crippen molar-refractivity contribution in [1.29, 1.82) is 0 Å². The number of pyridine rings is 1. The number of hydrogen-bond acceptors (Lipinski definition) is 3. The van der Waals surface area contributed by atoms with Crippen LogP contribution in [0.1, 0.15) is 28.4 Å². The van der Waals surface area contributed by atoms with Crippen molar-refractivity contribution >= 4 is 5.78 Å². The van der Waals surface area contributed by atoms with Gasteiger partial charge in [-0.2, -0.15) is 0 Å². The largest absolute Gasteiger partial charge is 0.488 e. The highest BCUT2D eigenvalue weighted by molar-refractivity contribution is 5.96. The second-order valence-electron chi connectivity index (χ2n) is 5.79. The molecule has 0 aliphatic carbocycles. The summed E-state index contributed by atoms with van der Waals surface area (Å²) in [5.41, 5.74) is 4.66. The van der Waals surface area contributed by atoms with Crippen LogP contribution in [-0.4, -0.2) is 10.8 Å². The van der Waals surface area contributed by atoms with Crippen LogP contribution in [0.5, 0.6) is 5.75 Å². The molecular formula is C21H19NO2. The number of benzene rings is 2. The van der Waals surface area contributed by atoms with E-state index in [0.717, 1.165) is 28.0 Å². The van der Waals surface area contributed by atoms with Crippen molar-refractivity contribution in [2.24, 2.45) is 0 Å². The van der Waals surface area contributed by atoms with Crippen molar-refractivity contribution in [2.45, 2.75) is 20.5 Å². The number of rotatable bonds is 5. The number of nitrogens with zero attached hydrogens (tertiary/aromatic N) is 1. The summed E-state index contributed by atoms with van der Waals surface area (Å²) in [5.74, 6) is 0.780. The summed E-state index contributed by atoms with van der Waals surface area (Å²) in [5, 5.41) is 0. The van der Waals surface area contributed by atoms with E-state index >= 15 is 0 Å². The lowest BCUT2D eigenvalue weighted by Gasteiger charge is -2.13. The van der Waals surface area contributed by atoms with Gasteiger partial charge in [0.05, 0.1) is 0 Å². The molecule has 3 rings (SSSR count). The van der Waals surface area contributed by atoms with Crippen LogP contribution >= 0.6 is 0 Å². The maximum atomic E-state index is 11.7. The fraction of sp³-hybridized carbons (Fsp3) is 0.143. The molecular weight excluding hydrogens is 298 g/mol. The molecule has 3 aromatic rings. The molecule has 1 aromatic heterocycles. The number of ether oxygens (including phenoxy) is 1. The number of hydrogen-bond donors (Lipinski definition) is 0. The van der Waals surface area contributed by atoms with Gasteiger partial charge in [0.25, 0.3) is 0 Å². The van der Waals surface area contributed by atoms with Crippen LogP contribution in [0, 0.1) is 6.92 Å². The number of aryl methyl sites for hydroxylation is 1. The van der Waals surface area contributed by atoms with E-state index in [-0.39, 0.29) is 5.78 Å².